The molecule has 0 spiro atoms. The molecular weight excluding hydrogens is 220 g/mol. The maximum absolute atomic E-state index is 12.0. The molecule has 0 saturated heterocycles. The van der Waals surface area contributed by atoms with Crippen LogP contribution in [-0.2, 0) is 0 Å². The standard InChI is InChI=1S/C12H18N2O3/c1-8(6-13)7-14(2)12(17)10-5-9(15)3-4-11(10)16/h3-5,8,15-16H,6-7,13H2,1-2H3. The predicted molar refractivity (Wildman–Crippen MR) is 65.0 cm³/mol. The number of phenolic OH excluding ortho intramolecular Hbond substituents is 2. The number of aromatic hydroxyl groups is 2. The van der Waals surface area contributed by atoms with E-state index in [2.05, 4.69) is 0 Å². The van der Waals surface area contributed by atoms with Gasteiger partial charge in [-0.3, -0.25) is 4.79 Å². The zero-order valence-corrected chi connectivity index (χ0v) is 10.1. The number of nitrogens with two attached hydrogens (primary N) is 1. The third kappa shape index (κ3) is 3.35. The monoisotopic (exact) mass is 238 g/mol. The van der Waals surface area contributed by atoms with Gasteiger partial charge in [-0.25, -0.2) is 0 Å². The summed E-state index contributed by atoms with van der Waals surface area (Å²) < 4.78 is 0. The van der Waals surface area contributed by atoms with E-state index in [0.717, 1.165) is 0 Å². The molecule has 0 fully saturated rings. The van der Waals surface area contributed by atoms with Crippen molar-refractivity contribution in [3.05, 3.63) is 23.8 Å². The van der Waals surface area contributed by atoms with Gasteiger partial charge in [0.2, 0.25) is 0 Å². The van der Waals surface area contributed by atoms with Gasteiger partial charge in [0.05, 0.1) is 5.56 Å². The maximum Gasteiger partial charge on any atom is 0.257 e. The first kappa shape index (κ1) is 13.3. The van der Waals surface area contributed by atoms with Crippen molar-refractivity contribution in [1.29, 1.82) is 0 Å². The quantitative estimate of drug-likeness (QED) is 0.676. The molecule has 0 saturated carbocycles. The predicted octanol–water partition coefficient (Wildman–Crippen LogP) is 0.765. The smallest absolute Gasteiger partial charge is 0.257 e. The minimum absolute atomic E-state index is 0.0496. The first-order valence-electron chi connectivity index (χ1n) is 5.43. The summed E-state index contributed by atoms with van der Waals surface area (Å²) in [5.41, 5.74) is 5.58. The van der Waals surface area contributed by atoms with E-state index in [9.17, 15) is 15.0 Å². The second kappa shape index (κ2) is 5.54. The van der Waals surface area contributed by atoms with Crippen LogP contribution in [0.1, 0.15) is 17.3 Å². The molecule has 0 aromatic heterocycles. The van der Waals surface area contributed by atoms with Crippen molar-refractivity contribution in [3.63, 3.8) is 0 Å². The van der Waals surface area contributed by atoms with Gasteiger partial charge in [-0.15, -0.1) is 0 Å². The number of phenols is 2. The van der Waals surface area contributed by atoms with Crippen molar-refractivity contribution >= 4 is 5.91 Å². The SMILES string of the molecule is CC(CN)CN(C)C(=O)c1cc(O)ccc1O. The third-order valence-electron chi connectivity index (χ3n) is 2.55. The van der Waals surface area contributed by atoms with E-state index in [-0.39, 0.29) is 28.9 Å². The molecule has 1 aromatic carbocycles. The number of hydrogen-bond acceptors (Lipinski definition) is 4. The molecule has 1 rings (SSSR count). The Hall–Kier alpha value is -1.75. The van der Waals surface area contributed by atoms with E-state index in [1.165, 1.54) is 23.1 Å². The highest BCUT2D eigenvalue weighted by molar-refractivity contribution is 5.97. The summed E-state index contributed by atoms with van der Waals surface area (Å²) in [6.45, 7) is 2.93. The number of nitrogens with zero attached hydrogens (tertiary/aromatic N) is 1. The lowest BCUT2D eigenvalue weighted by Gasteiger charge is -2.21. The summed E-state index contributed by atoms with van der Waals surface area (Å²) in [6.07, 6.45) is 0. The van der Waals surface area contributed by atoms with E-state index >= 15 is 0 Å². The van der Waals surface area contributed by atoms with Crippen LogP contribution in [0.4, 0.5) is 0 Å². The summed E-state index contributed by atoms with van der Waals surface area (Å²) in [4.78, 5) is 13.5. The molecule has 0 heterocycles. The van der Waals surface area contributed by atoms with Crippen molar-refractivity contribution in [2.75, 3.05) is 20.1 Å². The second-order valence-electron chi connectivity index (χ2n) is 4.23. The largest absolute Gasteiger partial charge is 0.508 e. The summed E-state index contributed by atoms with van der Waals surface area (Å²) in [5.74, 6) is -0.339. The molecule has 0 radical (unpaired) electrons. The molecule has 17 heavy (non-hydrogen) atoms. The molecule has 1 atom stereocenters. The van der Waals surface area contributed by atoms with Gasteiger partial charge in [0.15, 0.2) is 0 Å². The zero-order chi connectivity index (χ0) is 13.0. The molecule has 1 unspecified atom stereocenters. The van der Waals surface area contributed by atoms with Crippen molar-refractivity contribution < 1.29 is 15.0 Å². The number of rotatable bonds is 4. The van der Waals surface area contributed by atoms with Crippen LogP contribution in [0.5, 0.6) is 11.5 Å². The van der Waals surface area contributed by atoms with E-state index in [1.807, 2.05) is 6.92 Å². The van der Waals surface area contributed by atoms with Crippen LogP contribution < -0.4 is 5.73 Å². The van der Waals surface area contributed by atoms with Gasteiger partial charge in [-0.2, -0.15) is 0 Å². The minimum Gasteiger partial charge on any atom is -0.508 e. The van der Waals surface area contributed by atoms with Crippen molar-refractivity contribution in [2.45, 2.75) is 6.92 Å². The fraction of sp³-hybridized carbons (Fsp3) is 0.417. The molecular formula is C12H18N2O3. The Morgan fingerprint density at radius 3 is 2.71 bits per heavy atom. The third-order valence-corrected chi connectivity index (χ3v) is 2.55. The van der Waals surface area contributed by atoms with Crippen LogP contribution in [0, 0.1) is 5.92 Å². The molecule has 5 heteroatoms. The molecule has 0 aliphatic heterocycles. The summed E-state index contributed by atoms with van der Waals surface area (Å²) in [7, 11) is 1.64. The van der Waals surface area contributed by atoms with Crippen LogP contribution in [0.2, 0.25) is 0 Å². The van der Waals surface area contributed by atoms with Gasteiger partial charge in [0.25, 0.3) is 5.91 Å². The van der Waals surface area contributed by atoms with Gasteiger partial charge >= 0.3 is 0 Å². The fourth-order valence-corrected chi connectivity index (χ4v) is 1.53. The molecule has 0 aliphatic rings. The molecule has 1 aromatic rings. The average Bonchev–Trinajstić information content (AvgIpc) is 2.31. The Kier molecular flexibility index (Phi) is 4.34. The Morgan fingerprint density at radius 2 is 2.12 bits per heavy atom. The zero-order valence-electron chi connectivity index (χ0n) is 10.1. The Bertz CT molecular complexity index is 407. The molecule has 5 nitrogen and oxygen atoms in total. The van der Waals surface area contributed by atoms with Gasteiger partial charge < -0.3 is 20.8 Å². The average molecular weight is 238 g/mol. The summed E-state index contributed by atoms with van der Waals surface area (Å²) >= 11 is 0. The van der Waals surface area contributed by atoms with Crippen molar-refractivity contribution in [3.8, 4) is 11.5 Å². The highest BCUT2D eigenvalue weighted by Gasteiger charge is 2.17. The minimum atomic E-state index is -0.335. The van der Waals surface area contributed by atoms with Gasteiger partial charge in [-0.05, 0) is 30.7 Å². The van der Waals surface area contributed by atoms with Crippen molar-refractivity contribution in [2.24, 2.45) is 11.7 Å². The Morgan fingerprint density at radius 1 is 1.47 bits per heavy atom. The van der Waals surface area contributed by atoms with Gasteiger partial charge in [0, 0.05) is 13.6 Å². The molecule has 1 amide bonds. The van der Waals surface area contributed by atoms with E-state index in [0.29, 0.717) is 13.1 Å². The van der Waals surface area contributed by atoms with Crippen LogP contribution >= 0.6 is 0 Å². The number of hydrogen-bond donors (Lipinski definition) is 3. The number of carbonyl (C=O) groups is 1. The van der Waals surface area contributed by atoms with E-state index < -0.39 is 0 Å². The Labute approximate surface area is 100 Å². The van der Waals surface area contributed by atoms with Gasteiger partial charge in [0.1, 0.15) is 11.5 Å². The Balaban J connectivity index is 2.85. The summed E-state index contributed by atoms with van der Waals surface area (Å²) in [5, 5.41) is 18.9. The summed E-state index contributed by atoms with van der Waals surface area (Å²) in [6, 6.07) is 3.87. The highest BCUT2D eigenvalue weighted by Crippen LogP contribution is 2.23. The van der Waals surface area contributed by atoms with E-state index in [1.54, 1.807) is 7.05 Å². The first-order chi connectivity index (χ1) is 7.95. The fourth-order valence-electron chi connectivity index (χ4n) is 1.53. The number of benzene rings is 1. The molecule has 4 N–H and O–H groups in total. The maximum atomic E-state index is 12.0. The number of amides is 1. The second-order valence-corrected chi connectivity index (χ2v) is 4.23. The van der Waals surface area contributed by atoms with Crippen LogP contribution in [0.3, 0.4) is 0 Å². The van der Waals surface area contributed by atoms with E-state index in [4.69, 9.17) is 5.73 Å². The molecule has 0 aliphatic carbocycles. The molecule has 94 valence electrons. The topological polar surface area (TPSA) is 86.8 Å². The van der Waals surface area contributed by atoms with Crippen LogP contribution in [0.25, 0.3) is 0 Å². The normalized spacial score (nSPS) is 12.2. The van der Waals surface area contributed by atoms with Crippen molar-refractivity contribution in [1.82, 2.24) is 4.90 Å². The highest BCUT2D eigenvalue weighted by atomic mass is 16.3. The lowest BCUT2D eigenvalue weighted by atomic mass is 10.1. The lowest BCUT2D eigenvalue weighted by Crippen LogP contribution is -2.33. The van der Waals surface area contributed by atoms with Crippen LogP contribution in [0.15, 0.2) is 18.2 Å². The van der Waals surface area contributed by atoms with Crippen LogP contribution in [-0.4, -0.2) is 41.2 Å². The lowest BCUT2D eigenvalue weighted by molar-refractivity contribution is 0.0774. The molecule has 0 bridgehead atoms. The number of carbonyl (C=O) groups excluding carboxylic acids is 1. The van der Waals surface area contributed by atoms with Gasteiger partial charge in [-0.1, -0.05) is 6.92 Å². The first-order valence-corrected chi connectivity index (χ1v) is 5.43.